The maximum atomic E-state index is 14.1. The van der Waals surface area contributed by atoms with Crippen molar-refractivity contribution in [2.45, 2.75) is 78.1 Å². The van der Waals surface area contributed by atoms with Crippen LogP contribution in [0.2, 0.25) is 0 Å². The van der Waals surface area contributed by atoms with Crippen LogP contribution in [0.3, 0.4) is 0 Å². The molecule has 242 valence electrons. The average Bonchev–Trinajstić information content (AvgIpc) is 3.42. The van der Waals surface area contributed by atoms with Crippen molar-refractivity contribution >= 4 is 45.2 Å². The number of hydrogen-bond donors (Lipinski definition) is 2. The zero-order valence-corrected chi connectivity index (χ0v) is 30.1. The van der Waals surface area contributed by atoms with Gasteiger partial charge in [0.05, 0.1) is 17.2 Å². The Bertz CT molecular complexity index is 1780. The van der Waals surface area contributed by atoms with Crippen LogP contribution in [0.25, 0.3) is 0 Å². The lowest BCUT2D eigenvalue weighted by Crippen LogP contribution is -2.31. The summed E-state index contributed by atoms with van der Waals surface area (Å²) in [6.07, 6.45) is 0.999. The van der Waals surface area contributed by atoms with E-state index in [0.717, 1.165) is 40.1 Å². The molecule has 10 heteroatoms. The van der Waals surface area contributed by atoms with Crippen LogP contribution >= 0.6 is 27.7 Å². The number of halogens is 1. The second kappa shape index (κ2) is 13.9. The SMILES string of the molecule is CCCSc1nc2n(n1)C(c1cc(Br)c(OCc3ccc(C(C)(C)C)cc3)c(OC)c1)C(C(=O)Nc1cccc(C)c1C)=C(C)N2. The molecule has 5 rings (SSSR count). The molecule has 1 atom stereocenters. The molecule has 1 aromatic heterocycles. The number of methoxy groups -OCH3 is 1. The lowest BCUT2D eigenvalue weighted by atomic mass is 9.87. The number of thioether (sulfide) groups is 1. The maximum absolute atomic E-state index is 14.1. The fraction of sp³-hybridized carbons (Fsp3) is 0.361. The number of carbonyl (C=O) groups excluding carboxylic acids is 1. The molecule has 0 saturated heterocycles. The molecule has 1 amide bonds. The number of aromatic nitrogens is 3. The number of hydrogen-bond acceptors (Lipinski definition) is 7. The number of ether oxygens (including phenoxy) is 2. The number of allylic oxidation sites excluding steroid dienone is 1. The number of aryl methyl sites for hydroxylation is 1. The molecule has 0 aliphatic carbocycles. The third-order valence-corrected chi connectivity index (χ3v) is 9.77. The molecular formula is C36H42BrN5O3S. The van der Waals surface area contributed by atoms with Gasteiger partial charge in [0.1, 0.15) is 12.6 Å². The minimum absolute atomic E-state index is 0.0803. The number of benzene rings is 3. The lowest BCUT2D eigenvalue weighted by Gasteiger charge is -2.29. The fourth-order valence-electron chi connectivity index (χ4n) is 5.36. The largest absolute Gasteiger partial charge is 0.493 e. The molecule has 0 spiro atoms. The van der Waals surface area contributed by atoms with E-state index in [2.05, 4.69) is 78.5 Å². The Kier molecular flexibility index (Phi) is 10.2. The average molecular weight is 705 g/mol. The minimum Gasteiger partial charge on any atom is -0.493 e. The van der Waals surface area contributed by atoms with Gasteiger partial charge in [0.25, 0.3) is 5.91 Å². The molecule has 0 radical (unpaired) electrons. The first kappa shape index (κ1) is 33.6. The number of fused-ring (bicyclic) bond motifs is 1. The van der Waals surface area contributed by atoms with E-state index < -0.39 is 6.04 Å². The topological polar surface area (TPSA) is 90.3 Å². The van der Waals surface area contributed by atoms with Crippen LogP contribution in [0.5, 0.6) is 11.5 Å². The molecule has 8 nitrogen and oxygen atoms in total. The Hall–Kier alpha value is -3.76. The Morgan fingerprint density at radius 1 is 1.11 bits per heavy atom. The molecule has 2 heterocycles. The van der Waals surface area contributed by atoms with Crippen molar-refractivity contribution in [1.82, 2.24) is 14.8 Å². The van der Waals surface area contributed by atoms with E-state index in [1.807, 2.05) is 51.1 Å². The third kappa shape index (κ3) is 7.13. The summed E-state index contributed by atoms with van der Waals surface area (Å²) >= 11 is 5.34. The summed E-state index contributed by atoms with van der Waals surface area (Å²) < 4.78 is 14.7. The number of rotatable bonds is 10. The van der Waals surface area contributed by atoms with Crippen molar-refractivity contribution in [2.75, 3.05) is 23.5 Å². The van der Waals surface area contributed by atoms with Gasteiger partial charge in [0.15, 0.2) is 11.5 Å². The summed E-state index contributed by atoms with van der Waals surface area (Å²) in [4.78, 5) is 18.9. The zero-order chi connectivity index (χ0) is 33.2. The molecule has 0 fully saturated rings. The van der Waals surface area contributed by atoms with Gasteiger partial charge in [-0.1, -0.05) is 75.9 Å². The van der Waals surface area contributed by atoms with E-state index >= 15 is 0 Å². The Morgan fingerprint density at radius 3 is 2.52 bits per heavy atom. The summed E-state index contributed by atoms with van der Waals surface area (Å²) in [6.45, 7) is 15.0. The van der Waals surface area contributed by atoms with Gasteiger partial charge in [0, 0.05) is 17.1 Å². The summed E-state index contributed by atoms with van der Waals surface area (Å²) in [5.74, 6) is 2.38. The predicted octanol–water partition coefficient (Wildman–Crippen LogP) is 8.97. The first-order valence-electron chi connectivity index (χ1n) is 15.5. The Morgan fingerprint density at radius 2 is 1.85 bits per heavy atom. The predicted molar refractivity (Wildman–Crippen MR) is 190 cm³/mol. The van der Waals surface area contributed by atoms with Crippen LogP contribution in [-0.2, 0) is 16.8 Å². The number of carbonyl (C=O) groups is 1. The first-order valence-corrected chi connectivity index (χ1v) is 17.2. The highest BCUT2D eigenvalue weighted by molar-refractivity contribution is 9.10. The van der Waals surface area contributed by atoms with E-state index in [1.54, 1.807) is 23.6 Å². The van der Waals surface area contributed by atoms with Gasteiger partial charge in [-0.15, -0.1) is 5.10 Å². The van der Waals surface area contributed by atoms with Gasteiger partial charge in [-0.05, 0) is 94.6 Å². The third-order valence-electron chi connectivity index (χ3n) is 8.14. The normalized spacial score (nSPS) is 14.5. The van der Waals surface area contributed by atoms with E-state index in [9.17, 15) is 4.79 Å². The van der Waals surface area contributed by atoms with Crippen LogP contribution in [0.15, 0.2) is 75.5 Å². The van der Waals surface area contributed by atoms with E-state index in [-0.39, 0.29) is 11.3 Å². The van der Waals surface area contributed by atoms with E-state index in [1.165, 1.54) is 5.56 Å². The lowest BCUT2D eigenvalue weighted by molar-refractivity contribution is -0.113. The van der Waals surface area contributed by atoms with Crippen molar-refractivity contribution in [1.29, 1.82) is 0 Å². The Labute approximate surface area is 284 Å². The van der Waals surface area contributed by atoms with Crippen LogP contribution in [-0.4, -0.2) is 33.5 Å². The van der Waals surface area contributed by atoms with Crippen molar-refractivity contribution in [3.8, 4) is 11.5 Å². The smallest absolute Gasteiger partial charge is 0.255 e. The monoisotopic (exact) mass is 703 g/mol. The quantitative estimate of drug-likeness (QED) is 0.159. The van der Waals surface area contributed by atoms with Crippen LogP contribution in [0.1, 0.15) is 74.9 Å². The molecule has 0 bridgehead atoms. The second-order valence-corrected chi connectivity index (χ2v) is 14.5. The summed E-state index contributed by atoms with van der Waals surface area (Å²) in [6, 6.07) is 17.7. The standard InChI is InChI=1S/C36H42BrN5O3S/c1-9-17-46-35-40-34-38-23(4)30(33(43)39-28-12-10-11-21(2)22(28)3)31(42(34)41-35)25-18-27(37)32(29(19-25)44-8)45-20-24-13-15-26(16-14-24)36(5,6)7/h10-16,18-19,31H,9,17,20H2,1-8H3,(H,39,43)(H,38,40,41). The van der Waals surface area contributed by atoms with Gasteiger partial charge in [-0.3, -0.25) is 4.79 Å². The van der Waals surface area contributed by atoms with Gasteiger partial charge in [-0.2, -0.15) is 4.98 Å². The summed E-state index contributed by atoms with van der Waals surface area (Å²) in [5, 5.41) is 12.0. The summed E-state index contributed by atoms with van der Waals surface area (Å²) in [7, 11) is 1.62. The molecule has 0 saturated carbocycles. The van der Waals surface area contributed by atoms with Gasteiger partial charge in [-0.25, -0.2) is 4.68 Å². The number of amides is 1. The van der Waals surface area contributed by atoms with Crippen molar-refractivity contribution in [2.24, 2.45) is 0 Å². The Balaban J connectivity index is 1.52. The van der Waals surface area contributed by atoms with Gasteiger partial charge < -0.3 is 20.1 Å². The summed E-state index contributed by atoms with van der Waals surface area (Å²) in [5.41, 5.74) is 7.34. The molecule has 46 heavy (non-hydrogen) atoms. The van der Waals surface area contributed by atoms with Gasteiger partial charge in [0.2, 0.25) is 11.1 Å². The van der Waals surface area contributed by atoms with Gasteiger partial charge >= 0.3 is 0 Å². The number of anilines is 2. The van der Waals surface area contributed by atoms with Crippen LogP contribution < -0.4 is 20.1 Å². The maximum Gasteiger partial charge on any atom is 0.255 e. The van der Waals surface area contributed by atoms with E-state index in [4.69, 9.17) is 19.6 Å². The molecular weight excluding hydrogens is 662 g/mol. The minimum atomic E-state index is -0.575. The van der Waals surface area contributed by atoms with Crippen molar-refractivity contribution < 1.29 is 14.3 Å². The second-order valence-electron chi connectivity index (χ2n) is 12.5. The van der Waals surface area contributed by atoms with Crippen molar-refractivity contribution in [3.63, 3.8) is 0 Å². The fourth-order valence-corrected chi connectivity index (χ4v) is 6.62. The van der Waals surface area contributed by atoms with Crippen LogP contribution in [0.4, 0.5) is 11.6 Å². The molecule has 2 N–H and O–H groups in total. The highest BCUT2D eigenvalue weighted by Gasteiger charge is 2.35. The molecule has 1 unspecified atom stereocenters. The molecule has 1 aliphatic heterocycles. The number of nitrogens with one attached hydrogen (secondary N) is 2. The van der Waals surface area contributed by atoms with Crippen molar-refractivity contribution in [3.05, 3.63) is 98.2 Å². The molecule has 3 aromatic carbocycles. The molecule has 1 aliphatic rings. The highest BCUT2D eigenvalue weighted by atomic mass is 79.9. The highest BCUT2D eigenvalue weighted by Crippen LogP contribution is 2.43. The molecule has 4 aromatic rings. The van der Waals surface area contributed by atoms with E-state index in [0.29, 0.717) is 45.0 Å². The number of nitrogens with zero attached hydrogens (tertiary/aromatic N) is 3. The zero-order valence-electron chi connectivity index (χ0n) is 27.7. The first-order chi connectivity index (χ1) is 21.9. The van der Waals surface area contributed by atoms with Crippen LogP contribution in [0, 0.1) is 13.8 Å².